The van der Waals surface area contributed by atoms with Crippen LogP contribution in [0.25, 0.3) is 0 Å². The van der Waals surface area contributed by atoms with Gasteiger partial charge in [-0.25, -0.2) is 0 Å². The van der Waals surface area contributed by atoms with Crippen molar-refractivity contribution in [2.45, 2.75) is 58.5 Å². The number of nitrogens with one attached hydrogen (secondary N) is 3. The first-order valence-electron chi connectivity index (χ1n) is 17.7. The number of aromatic nitrogens is 2. The third-order valence-corrected chi connectivity index (χ3v) is 14.7. The number of ether oxygens (including phenoxy) is 2. The van der Waals surface area contributed by atoms with Gasteiger partial charge in [0.15, 0.2) is 8.32 Å². The van der Waals surface area contributed by atoms with E-state index in [0.717, 1.165) is 65.7 Å². The highest BCUT2D eigenvalue weighted by atomic mass is 28.4. The van der Waals surface area contributed by atoms with Gasteiger partial charge in [-0.05, 0) is 72.6 Å². The number of hydrogen-bond acceptors (Lipinski definition) is 10. The lowest BCUT2D eigenvalue weighted by molar-refractivity contribution is 0.0964. The number of fused-ring (bicyclic) bond motifs is 1. The van der Waals surface area contributed by atoms with Gasteiger partial charge in [0.2, 0.25) is 5.95 Å². The standard InChI is InChI=1S/C39H51N7O4Si/c1-39(2,3)51(6,7)50-26-28-24-29(45-20-22-49-23-21-45)14-17-33(28)42-38-43-35(41-34-11-9-8-10-31(34)37(47)40-4)32-18-19-46(36(32)44-38)25-27-12-15-30(48-5)16-13-27/h8-17,24H,18-23,25-26H2,1-7H3,(H,40,47)(H2,41,42,43,44). The zero-order chi connectivity index (χ0) is 36.2. The fourth-order valence-electron chi connectivity index (χ4n) is 6.07. The topological polar surface area (TPSA) is 113 Å². The van der Waals surface area contributed by atoms with Crippen molar-refractivity contribution in [3.63, 3.8) is 0 Å². The summed E-state index contributed by atoms with van der Waals surface area (Å²) < 4.78 is 17.8. The summed E-state index contributed by atoms with van der Waals surface area (Å²) in [6.07, 6.45) is 0.760. The van der Waals surface area contributed by atoms with E-state index in [9.17, 15) is 4.79 Å². The summed E-state index contributed by atoms with van der Waals surface area (Å²) in [4.78, 5) is 27.6. The molecule has 2 aliphatic heterocycles. The van der Waals surface area contributed by atoms with E-state index >= 15 is 0 Å². The first-order valence-corrected chi connectivity index (χ1v) is 20.6. The largest absolute Gasteiger partial charge is 0.497 e. The third-order valence-electron chi connectivity index (χ3n) is 10.2. The summed E-state index contributed by atoms with van der Waals surface area (Å²) in [6.45, 7) is 16.4. The average molecular weight is 710 g/mol. The van der Waals surface area contributed by atoms with E-state index in [4.69, 9.17) is 23.9 Å². The molecule has 2 aliphatic rings. The van der Waals surface area contributed by atoms with Crippen molar-refractivity contribution < 1.29 is 18.7 Å². The number of methoxy groups -OCH3 is 1. The maximum atomic E-state index is 12.8. The lowest BCUT2D eigenvalue weighted by Gasteiger charge is -2.36. The smallest absolute Gasteiger partial charge is 0.253 e. The van der Waals surface area contributed by atoms with Crippen LogP contribution < -0.4 is 30.5 Å². The Morgan fingerprint density at radius 2 is 1.69 bits per heavy atom. The Morgan fingerprint density at radius 3 is 2.39 bits per heavy atom. The minimum atomic E-state index is -2.05. The van der Waals surface area contributed by atoms with E-state index in [0.29, 0.717) is 49.4 Å². The molecular formula is C39H51N7O4Si. The molecule has 0 aliphatic carbocycles. The van der Waals surface area contributed by atoms with Crippen molar-refractivity contribution in [1.29, 1.82) is 0 Å². The van der Waals surface area contributed by atoms with Crippen LogP contribution in [0.1, 0.15) is 47.8 Å². The highest BCUT2D eigenvalue weighted by molar-refractivity contribution is 6.74. The molecule has 4 aromatic rings. The Morgan fingerprint density at radius 1 is 0.941 bits per heavy atom. The van der Waals surface area contributed by atoms with Crippen molar-refractivity contribution in [3.8, 4) is 5.75 Å². The maximum Gasteiger partial charge on any atom is 0.253 e. The second-order valence-electron chi connectivity index (χ2n) is 14.6. The summed E-state index contributed by atoms with van der Waals surface area (Å²) in [5, 5.41) is 9.92. The predicted octanol–water partition coefficient (Wildman–Crippen LogP) is 7.25. The Hall–Kier alpha value is -4.65. The molecule has 0 saturated carbocycles. The van der Waals surface area contributed by atoms with Crippen molar-refractivity contribution in [3.05, 3.63) is 89.0 Å². The van der Waals surface area contributed by atoms with Crippen molar-refractivity contribution in [2.24, 2.45) is 0 Å². The molecule has 0 spiro atoms. The zero-order valence-corrected chi connectivity index (χ0v) is 31.9. The molecule has 3 heterocycles. The predicted molar refractivity (Wildman–Crippen MR) is 208 cm³/mol. The molecule has 0 radical (unpaired) electrons. The number of carbonyl (C=O) groups is 1. The first-order chi connectivity index (χ1) is 24.5. The quantitative estimate of drug-likeness (QED) is 0.130. The molecule has 0 unspecified atom stereocenters. The van der Waals surface area contributed by atoms with Gasteiger partial charge in [-0.15, -0.1) is 0 Å². The molecule has 270 valence electrons. The third kappa shape index (κ3) is 8.30. The summed E-state index contributed by atoms with van der Waals surface area (Å²) in [5.41, 5.74) is 6.45. The number of rotatable bonds is 12. The zero-order valence-electron chi connectivity index (χ0n) is 30.9. The second kappa shape index (κ2) is 15.3. The lowest BCUT2D eigenvalue weighted by Crippen LogP contribution is -2.40. The molecule has 3 aromatic carbocycles. The molecule has 1 fully saturated rings. The molecule has 1 amide bonds. The Balaban J connectivity index is 1.38. The second-order valence-corrected chi connectivity index (χ2v) is 19.4. The molecule has 1 aromatic heterocycles. The number of benzene rings is 3. The van der Waals surface area contributed by atoms with Gasteiger partial charge >= 0.3 is 0 Å². The number of anilines is 6. The molecular weight excluding hydrogens is 659 g/mol. The van der Waals surface area contributed by atoms with Gasteiger partial charge in [-0.1, -0.05) is 45.0 Å². The molecule has 0 bridgehead atoms. The highest BCUT2D eigenvalue weighted by Crippen LogP contribution is 2.39. The Bertz CT molecular complexity index is 1840. The van der Waals surface area contributed by atoms with E-state index in [2.05, 4.69) is 89.9 Å². The van der Waals surface area contributed by atoms with Crippen LogP contribution in [0.3, 0.4) is 0 Å². The minimum absolute atomic E-state index is 0.0738. The van der Waals surface area contributed by atoms with Crippen LogP contribution in [-0.4, -0.2) is 71.2 Å². The fraction of sp³-hybridized carbons (Fsp3) is 0.410. The van der Waals surface area contributed by atoms with Crippen LogP contribution in [0.4, 0.5) is 34.6 Å². The fourth-order valence-corrected chi connectivity index (χ4v) is 7.02. The number of carbonyl (C=O) groups excluding carboxylic acids is 1. The maximum absolute atomic E-state index is 12.8. The molecule has 1 saturated heterocycles. The van der Waals surface area contributed by atoms with Gasteiger partial charge in [0, 0.05) is 55.7 Å². The van der Waals surface area contributed by atoms with Crippen LogP contribution in [-0.2, 0) is 28.7 Å². The van der Waals surface area contributed by atoms with E-state index < -0.39 is 8.32 Å². The summed E-state index contributed by atoms with van der Waals surface area (Å²) in [7, 11) is 1.27. The van der Waals surface area contributed by atoms with Crippen LogP contribution in [0.15, 0.2) is 66.7 Å². The van der Waals surface area contributed by atoms with E-state index in [1.54, 1.807) is 14.2 Å². The molecule has 6 rings (SSSR count). The normalized spacial score (nSPS) is 14.6. The van der Waals surface area contributed by atoms with Crippen LogP contribution >= 0.6 is 0 Å². The molecule has 51 heavy (non-hydrogen) atoms. The van der Waals surface area contributed by atoms with E-state index in [1.165, 1.54) is 0 Å². The van der Waals surface area contributed by atoms with Gasteiger partial charge in [0.05, 0.1) is 38.2 Å². The molecule has 11 nitrogen and oxygen atoms in total. The molecule has 0 atom stereocenters. The number of para-hydroxylation sites is 1. The van der Waals surface area contributed by atoms with Gasteiger partial charge < -0.3 is 39.6 Å². The highest BCUT2D eigenvalue weighted by Gasteiger charge is 2.37. The lowest BCUT2D eigenvalue weighted by atomic mass is 10.1. The monoisotopic (exact) mass is 709 g/mol. The van der Waals surface area contributed by atoms with Gasteiger partial charge in [0.1, 0.15) is 17.4 Å². The van der Waals surface area contributed by atoms with Crippen molar-refractivity contribution in [1.82, 2.24) is 15.3 Å². The van der Waals surface area contributed by atoms with Gasteiger partial charge in [-0.3, -0.25) is 4.79 Å². The van der Waals surface area contributed by atoms with E-state index in [1.807, 2.05) is 36.4 Å². The summed E-state index contributed by atoms with van der Waals surface area (Å²) in [6, 6.07) is 22.1. The van der Waals surface area contributed by atoms with E-state index in [-0.39, 0.29) is 10.9 Å². The Kier molecular flexibility index (Phi) is 10.8. The number of hydrogen-bond donors (Lipinski definition) is 3. The summed E-state index contributed by atoms with van der Waals surface area (Å²) in [5.74, 6) is 2.63. The van der Waals surface area contributed by atoms with Crippen molar-refractivity contribution in [2.75, 3.05) is 67.4 Å². The Labute approximate surface area is 302 Å². The summed E-state index contributed by atoms with van der Waals surface area (Å²) >= 11 is 0. The SMILES string of the molecule is CNC(=O)c1ccccc1Nc1nc(Nc2ccc(N3CCOCC3)cc2CO[Si](C)(C)C(C)(C)C)nc2c1CCN2Cc1ccc(OC)cc1. The molecule has 12 heteroatoms. The number of nitrogens with zero attached hydrogens (tertiary/aromatic N) is 4. The van der Waals surface area contributed by atoms with Crippen LogP contribution in [0.5, 0.6) is 5.75 Å². The minimum Gasteiger partial charge on any atom is -0.497 e. The first kappa shape index (κ1) is 36.1. The van der Waals surface area contributed by atoms with Crippen molar-refractivity contribution >= 4 is 48.9 Å². The number of amides is 1. The van der Waals surface area contributed by atoms with Gasteiger partial charge in [-0.2, -0.15) is 9.97 Å². The van der Waals surface area contributed by atoms with Crippen LogP contribution in [0, 0.1) is 0 Å². The molecule has 3 N–H and O–H groups in total. The van der Waals surface area contributed by atoms with Gasteiger partial charge in [0.25, 0.3) is 5.91 Å². The average Bonchev–Trinajstić information content (AvgIpc) is 3.53. The number of morpholine rings is 1. The van der Waals surface area contributed by atoms with Crippen LogP contribution in [0.2, 0.25) is 18.1 Å².